The third kappa shape index (κ3) is 2.77. The van der Waals surface area contributed by atoms with E-state index in [1.807, 2.05) is 0 Å². The van der Waals surface area contributed by atoms with Gasteiger partial charge in [0.1, 0.15) is 0 Å². The van der Waals surface area contributed by atoms with E-state index in [2.05, 4.69) is 31.2 Å². The standard InChI is InChI=1S/C11H8BrN3O5/c12-5-1-4(3-13-10(18)11(19)20)7-6(2-5)14-8(16)9(17)15-7/h1-2H,3H2,(H,13,18)(H,14,16)(H,15,17)(H,19,20). The maximum Gasteiger partial charge on any atom is 0.394 e. The molecule has 0 aliphatic carbocycles. The summed E-state index contributed by atoms with van der Waals surface area (Å²) in [6.45, 7) is -0.108. The van der Waals surface area contributed by atoms with Gasteiger partial charge in [0.05, 0.1) is 11.0 Å². The first-order valence-corrected chi connectivity index (χ1v) is 6.13. The van der Waals surface area contributed by atoms with E-state index in [4.69, 9.17) is 5.11 Å². The van der Waals surface area contributed by atoms with E-state index >= 15 is 0 Å². The number of nitrogens with one attached hydrogen (secondary N) is 3. The summed E-state index contributed by atoms with van der Waals surface area (Å²) in [6, 6.07) is 3.17. The Kier molecular flexibility index (Phi) is 3.70. The molecule has 0 radical (unpaired) electrons. The highest BCUT2D eigenvalue weighted by molar-refractivity contribution is 9.10. The first-order chi connectivity index (χ1) is 9.38. The van der Waals surface area contributed by atoms with Gasteiger partial charge in [-0.2, -0.15) is 0 Å². The van der Waals surface area contributed by atoms with Crippen molar-refractivity contribution in [2.75, 3.05) is 0 Å². The second kappa shape index (κ2) is 5.29. The Bertz CT molecular complexity index is 823. The van der Waals surface area contributed by atoms with Crippen LogP contribution >= 0.6 is 15.9 Å². The molecular weight excluding hydrogens is 334 g/mol. The molecule has 104 valence electrons. The van der Waals surface area contributed by atoms with Crippen LogP contribution in [0.5, 0.6) is 0 Å². The second-order valence-corrected chi connectivity index (χ2v) is 4.80. The van der Waals surface area contributed by atoms with Gasteiger partial charge in [-0.1, -0.05) is 15.9 Å². The largest absolute Gasteiger partial charge is 0.474 e. The van der Waals surface area contributed by atoms with Crippen molar-refractivity contribution < 1.29 is 14.7 Å². The summed E-state index contributed by atoms with van der Waals surface area (Å²) in [6.07, 6.45) is 0. The molecule has 2 aromatic rings. The predicted octanol–water partition coefficient (Wildman–Crippen LogP) is -0.320. The molecule has 0 unspecified atom stereocenters. The number of halogens is 1. The third-order valence-corrected chi connectivity index (χ3v) is 2.97. The summed E-state index contributed by atoms with van der Waals surface area (Å²) in [5, 5.41) is 10.7. The number of carbonyl (C=O) groups excluding carboxylic acids is 1. The maximum atomic E-state index is 11.3. The number of aromatic nitrogens is 2. The number of carbonyl (C=O) groups is 2. The highest BCUT2D eigenvalue weighted by Crippen LogP contribution is 2.19. The number of benzene rings is 1. The van der Waals surface area contributed by atoms with Crippen LogP contribution in [0, 0.1) is 0 Å². The number of carboxylic acid groups (broad SMARTS) is 1. The summed E-state index contributed by atoms with van der Waals surface area (Å²) < 4.78 is 0.604. The van der Waals surface area contributed by atoms with Gasteiger partial charge in [-0.3, -0.25) is 14.4 Å². The van der Waals surface area contributed by atoms with E-state index in [-0.39, 0.29) is 6.54 Å². The number of aromatic amines is 2. The van der Waals surface area contributed by atoms with Crippen LogP contribution in [0.4, 0.5) is 0 Å². The molecular formula is C11H8BrN3O5. The molecule has 0 bridgehead atoms. The van der Waals surface area contributed by atoms with Crippen LogP contribution in [0.2, 0.25) is 0 Å². The zero-order chi connectivity index (χ0) is 14.9. The zero-order valence-electron chi connectivity index (χ0n) is 9.82. The molecule has 1 aromatic heterocycles. The molecule has 0 aliphatic heterocycles. The van der Waals surface area contributed by atoms with Crippen molar-refractivity contribution in [3.8, 4) is 0 Å². The van der Waals surface area contributed by atoms with Crippen molar-refractivity contribution in [2.24, 2.45) is 0 Å². The van der Waals surface area contributed by atoms with Gasteiger partial charge in [0, 0.05) is 11.0 Å². The highest BCUT2D eigenvalue weighted by atomic mass is 79.9. The topological polar surface area (TPSA) is 132 Å². The van der Waals surface area contributed by atoms with Crippen LogP contribution in [-0.4, -0.2) is 27.0 Å². The van der Waals surface area contributed by atoms with E-state index in [1.165, 1.54) is 0 Å². The van der Waals surface area contributed by atoms with Crippen LogP contribution in [0.1, 0.15) is 5.56 Å². The van der Waals surface area contributed by atoms with Crippen LogP contribution in [0.3, 0.4) is 0 Å². The molecule has 0 saturated carbocycles. The fourth-order valence-electron chi connectivity index (χ4n) is 1.65. The van der Waals surface area contributed by atoms with E-state index in [0.29, 0.717) is 21.1 Å². The quantitative estimate of drug-likeness (QED) is 0.556. The van der Waals surface area contributed by atoms with Gasteiger partial charge in [0.2, 0.25) is 0 Å². The summed E-state index contributed by atoms with van der Waals surface area (Å²) in [7, 11) is 0. The summed E-state index contributed by atoms with van der Waals surface area (Å²) in [5.74, 6) is -2.77. The van der Waals surface area contributed by atoms with Gasteiger partial charge in [-0.25, -0.2) is 4.79 Å². The van der Waals surface area contributed by atoms with Crippen molar-refractivity contribution in [3.05, 3.63) is 42.9 Å². The Hall–Kier alpha value is -2.42. The molecule has 0 spiro atoms. The first kappa shape index (κ1) is 14.0. The molecule has 1 amide bonds. The molecule has 0 saturated heterocycles. The van der Waals surface area contributed by atoms with Gasteiger partial charge < -0.3 is 20.4 Å². The normalized spacial score (nSPS) is 10.4. The Morgan fingerprint density at radius 3 is 2.50 bits per heavy atom. The van der Waals surface area contributed by atoms with Gasteiger partial charge in [0.15, 0.2) is 0 Å². The first-order valence-electron chi connectivity index (χ1n) is 5.34. The number of hydrogen-bond acceptors (Lipinski definition) is 4. The van der Waals surface area contributed by atoms with Crippen LogP contribution < -0.4 is 16.4 Å². The van der Waals surface area contributed by atoms with Gasteiger partial charge in [-0.15, -0.1) is 0 Å². The number of rotatable bonds is 2. The number of fused-ring (bicyclic) bond motifs is 1. The van der Waals surface area contributed by atoms with Crippen LogP contribution in [0.15, 0.2) is 26.2 Å². The lowest BCUT2D eigenvalue weighted by Gasteiger charge is -2.07. The Labute approximate surface area is 119 Å². The molecule has 9 heteroatoms. The van der Waals surface area contributed by atoms with Gasteiger partial charge in [0.25, 0.3) is 0 Å². The van der Waals surface area contributed by atoms with Crippen LogP contribution in [-0.2, 0) is 16.1 Å². The van der Waals surface area contributed by atoms with Crippen molar-refractivity contribution >= 4 is 38.8 Å². The number of H-pyrrole nitrogens is 2. The summed E-state index contributed by atoms with van der Waals surface area (Å²) >= 11 is 3.22. The number of hydrogen-bond donors (Lipinski definition) is 4. The molecule has 8 nitrogen and oxygen atoms in total. The second-order valence-electron chi connectivity index (χ2n) is 3.88. The summed E-state index contributed by atoms with van der Waals surface area (Å²) in [4.78, 5) is 48.8. The minimum absolute atomic E-state index is 0.108. The monoisotopic (exact) mass is 341 g/mol. The number of aliphatic carboxylic acids is 1. The van der Waals surface area contributed by atoms with Crippen molar-refractivity contribution in [1.82, 2.24) is 15.3 Å². The lowest BCUT2D eigenvalue weighted by Crippen LogP contribution is -2.31. The molecule has 0 atom stereocenters. The average Bonchev–Trinajstić information content (AvgIpc) is 2.37. The molecule has 4 N–H and O–H groups in total. The average molecular weight is 342 g/mol. The van der Waals surface area contributed by atoms with E-state index < -0.39 is 23.0 Å². The molecule has 1 heterocycles. The van der Waals surface area contributed by atoms with E-state index in [9.17, 15) is 19.2 Å². The predicted molar refractivity (Wildman–Crippen MR) is 72.4 cm³/mol. The van der Waals surface area contributed by atoms with E-state index in [0.717, 1.165) is 0 Å². The number of amides is 1. The minimum Gasteiger partial charge on any atom is -0.474 e. The lowest BCUT2D eigenvalue weighted by molar-refractivity contribution is -0.150. The SMILES string of the molecule is O=C(O)C(=O)NCc1cc(Br)cc2[nH]c(=O)c(=O)[nH]c12. The number of carboxylic acids is 1. The highest BCUT2D eigenvalue weighted by Gasteiger charge is 2.12. The molecule has 20 heavy (non-hydrogen) atoms. The molecule has 2 rings (SSSR count). The summed E-state index contributed by atoms with van der Waals surface area (Å²) in [5.41, 5.74) is -0.480. The fourth-order valence-corrected chi connectivity index (χ4v) is 2.15. The van der Waals surface area contributed by atoms with E-state index in [1.54, 1.807) is 12.1 Å². The fraction of sp³-hybridized carbons (Fsp3) is 0.0909. The third-order valence-electron chi connectivity index (χ3n) is 2.51. The van der Waals surface area contributed by atoms with Crippen molar-refractivity contribution in [1.29, 1.82) is 0 Å². The Morgan fingerprint density at radius 1 is 1.20 bits per heavy atom. The van der Waals surface area contributed by atoms with Crippen molar-refractivity contribution in [3.63, 3.8) is 0 Å². The Balaban J connectivity index is 2.49. The maximum absolute atomic E-state index is 11.3. The molecule has 0 fully saturated rings. The lowest BCUT2D eigenvalue weighted by atomic mass is 10.1. The van der Waals surface area contributed by atoms with Crippen molar-refractivity contribution in [2.45, 2.75) is 6.54 Å². The Morgan fingerprint density at radius 2 is 1.85 bits per heavy atom. The molecule has 0 aliphatic rings. The zero-order valence-corrected chi connectivity index (χ0v) is 11.4. The minimum atomic E-state index is -1.61. The smallest absolute Gasteiger partial charge is 0.394 e. The van der Waals surface area contributed by atoms with Gasteiger partial charge in [-0.05, 0) is 17.7 Å². The van der Waals surface area contributed by atoms with Gasteiger partial charge >= 0.3 is 23.0 Å². The molecule has 1 aromatic carbocycles. The van der Waals surface area contributed by atoms with Crippen LogP contribution in [0.25, 0.3) is 11.0 Å².